The number of carbonyl (C=O) groups is 4. The van der Waals surface area contributed by atoms with E-state index in [1.165, 1.54) is 0 Å². The Morgan fingerprint density at radius 2 is 1.29 bits per heavy atom. The topological polar surface area (TPSA) is 247 Å². The Morgan fingerprint density at radius 1 is 0.745 bits per heavy atom. The van der Waals surface area contributed by atoms with E-state index in [4.69, 9.17) is 91.4 Å². The van der Waals surface area contributed by atoms with Crippen LogP contribution in [0.15, 0.2) is 35.3 Å². The second kappa shape index (κ2) is 19.0. The number of nitrogens with one attached hydrogen (secondary N) is 3. The van der Waals surface area contributed by atoms with Gasteiger partial charge < -0.3 is 44.6 Å². The summed E-state index contributed by atoms with van der Waals surface area (Å²) in [6.45, 7) is 0.360. The van der Waals surface area contributed by atoms with Crippen LogP contribution in [-0.4, -0.2) is 129 Å². The first kappa shape index (κ1) is 43.2. The largest absolute Gasteiger partial charge is 0.370 e. The molecule has 16 radical (unpaired) electrons. The van der Waals surface area contributed by atoms with Gasteiger partial charge in [-0.15, -0.1) is 27.3 Å². The fraction of sp³-hybridized carbons (Fsp3) is 0.433. The summed E-state index contributed by atoms with van der Waals surface area (Å²) in [7, 11) is 50.4. The van der Waals surface area contributed by atoms with Gasteiger partial charge in [0.05, 0.1) is 27.2 Å². The molecule has 2 aromatic carbocycles. The summed E-state index contributed by atoms with van der Waals surface area (Å²) < 4.78 is 0. The minimum absolute atomic E-state index is 0.0409. The van der Waals surface area contributed by atoms with Crippen LogP contribution in [0.1, 0.15) is 43.2 Å². The van der Waals surface area contributed by atoms with Gasteiger partial charge in [-0.2, -0.15) is 0 Å². The number of nitrogens with two attached hydrogens (primary N) is 5. The molecule has 0 bridgehead atoms. The number of primary amides is 1. The van der Waals surface area contributed by atoms with Crippen molar-refractivity contribution in [2.24, 2.45) is 33.7 Å². The summed E-state index contributed by atoms with van der Waals surface area (Å²) in [4.78, 5) is 57.8. The SMILES string of the molecule is [B]c1c([B])c([B])c(C([B])([B])[C@]([B])(NC(=O)[C@@H](CCCN=C(N)N)NC(=O)[C@@H](N)Cc2ccccc2)C(=O)N[C@@H](CCCCN)C(N)=O)c([B])c1[B]. The van der Waals surface area contributed by atoms with Crippen molar-refractivity contribution in [3.05, 3.63) is 41.5 Å². The molecule has 250 valence electrons. The van der Waals surface area contributed by atoms with E-state index >= 15 is 0 Å². The highest BCUT2D eigenvalue weighted by Crippen LogP contribution is 2.26. The molecule has 2 aromatic rings. The molecule has 13 nitrogen and oxygen atoms in total. The van der Waals surface area contributed by atoms with Gasteiger partial charge in [0.25, 0.3) is 0 Å². The van der Waals surface area contributed by atoms with Gasteiger partial charge in [0.2, 0.25) is 23.6 Å². The minimum Gasteiger partial charge on any atom is -0.370 e. The van der Waals surface area contributed by atoms with Crippen molar-refractivity contribution in [3.8, 4) is 0 Å². The van der Waals surface area contributed by atoms with Gasteiger partial charge in [0, 0.05) is 6.54 Å². The average Bonchev–Trinajstić information content (AvgIpc) is 3.07. The molecule has 51 heavy (non-hydrogen) atoms. The van der Waals surface area contributed by atoms with E-state index in [-0.39, 0.29) is 54.6 Å². The Labute approximate surface area is 309 Å². The first-order valence-electron chi connectivity index (χ1n) is 16.0. The van der Waals surface area contributed by atoms with Crippen molar-refractivity contribution in [1.29, 1.82) is 0 Å². The van der Waals surface area contributed by atoms with Gasteiger partial charge in [0.1, 0.15) is 59.2 Å². The summed E-state index contributed by atoms with van der Waals surface area (Å²) in [5.74, 6) is -4.22. The molecule has 0 spiro atoms. The Hall–Kier alpha value is -3.97. The van der Waals surface area contributed by atoms with Crippen LogP contribution in [0.25, 0.3) is 0 Å². The number of rotatable bonds is 19. The molecule has 0 aromatic heterocycles. The third-order valence-electron chi connectivity index (χ3n) is 8.25. The number of carbonyl (C=O) groups excluding carboxylic acids is 4. The van der Waals surface area contributed by atoms with E-state index in [9.17, 15) is 19.2 Å². The summed E-state index contributed by atoms with van der Waals surface area (Å²) >= 11 is 0. The molecule has 0 heterocycles. The lowest BCUT2D eigenvalue weighted by Gasteiger charge is -2.49. The Kier molecular flexibility index (Phi) is 16.1. The average molecular weight is 674 g/mol. The molecule has 0 aliphatic carbocycles. The zero-order valence-corrected chi connectivity index (χ0v) is 28.4. The van der Waals surface area contributed by atoms with Gasteiger partial charge >= 0.3 is 0 Å². The van der Waals surface area contributed by atoms with E-state index in [0.29, 0.717) is 19.4 Å². The number of amides is 4. The molecule has 0 saturated heterocycles. The van der Waals surface area contributed by atoms with Gasteiger partial charge in [0.15, 0.2) is 5.96 Å². The number of unbranched alkanes of at least 4 members (excludes halogenated alkanes) is 1. The molecule has 0 aliphatic rings. The molecule has 4 amide bonds. The Balaban J connectivity index is 2.64. The Morgan fingerprint density at radius 3 is 1.82 bits per heavy atom. The zero-order chi connectivity index (χ0) is 38.7. The maximum absolute atomic E-state index is 14.2. The van der Waals surface area contributed by atoms with Gasteiger partial charge in [-0.05, 0) is 50.6 Å². The predicted molar refractivity (Wildman–Crippen MR) is 207 cm³/mol. The van der Waals surface area contributed by atoms with E-state index in [1.807, 2.05) is 0 Å². The maximum atomic E-state index is 14.2. The highest BCUT2D eigenvalue weighted by molar-refractivity contribution is 6.68. The lowest BCUT2D eigenvalue weighted by Crippen LogP contribution is -2.76. The van der Waals surface area contributed by atoms with E-state index < -0.39 is 68.9 Å². The van der Waals surface area contributed by atoms with E-state index in [2.05, 4.69) is 20.9 Å². The van der Waals surface area contributed by atoms with Gasteiger partial charge in [-0.25, -0.2) is 0 Å². The fourth-order valence-corrected chi connectivity index (χ4v) is 5.18. The first-order valence-corrected chi connectivity index (χ1v) is 16.0. The molecular weight excluding hydrogens is 637 g/mol. The van der Waals surface area contributed by atoms with Crippen LogP contribution in [0.2, 0.25) is 0 Å². The van der Waals surface area contributed by atoms with E-state index in [0.717, 1.165) is 5.56 Å². The van der Waals surface area contributed by atoms with Crippen molar-refractivity contribution in [3.63, 3.8) is 0 Å². The van der Waals surface area contributed by atoms with Crippen LogP contribution in [-0.2, 0) is 30.8 Å². The van der Waals surface area contributed by atoms with Gasteiger partial charge in [-0.3, -0.25) is 24.2 Å². The molecule has 21 heteroatoms. The smallest absolute Gasteiger partial charge is 0.242 e. The molecular formula is C30H37B8N9O4. The van der Waals surface area contributed by atoms with Crippen molar-refractivity contribution in [1.82, 2.24) is 16.0 Å². The number of hydrogen-bond acceptors (Lipinski definition) is 7. The third kappa shape index (κ3) is 11.0. The summed E-state index contributed by atoms with van der Waals surface area (Å²) in [6, 6.07) is 5.07. The molecule has 0 aliphatic heterocycles. The van der Waals surface area contributed by atoms with Crippen LogP contribution in [0.4, 0.5) is 0 Å². The molecule has 2 rings (SSSR count). The molecule has 13 N–H and O–H groups in total. The number of benzene rings is 2. The number of guanidine groups is 1. The van der Waals surface area contributed by atoms with Crippen LogP contribution >= 0.6 is 0 Å². The second-order valence-corrected chi connectivity index (χ2v) is 12.1. The van der Waals surface area contributed by atoms with Crippen LogP contribution < -0.4 is 71.9 Å². The maximum Gasteiger partial charge on any atom is 0.242 e. The highest BCUT2D eigenvalue weighted by Gasteiger charge is 2.50. The monoisotopic (exact) mass is 675 g/mol. The standard InChI is InChI=1S/C30H37B8N9O4/c31-19-18(20(32)22(34)23(35)21(19)33)29(36,37)30(38,27(51)46-16(24(41)48)9-4-5-11-39)47-26(50)17(10-6-12-44-28(42)43)45-25(49)15(40)13-14-7-2-1-3-8-14/h1-3,7-8,15-17H,4-6,9-13,39-40H2,(H2,41,48)(H,45,49)(H,46,51)(H,47,50)(H4,42,43,44)/t15-,16-,17+,30+/m0/s1. The van der Waals surface area contributed by atoms with Crippen molar-refractivity contribution in [2.75, 3.05) is 13.1 Å². The quantitative estimate of drug-likeness (QED) is 0.0307. The predicted octanol–water partition coefficient (Wildman–Crippen LogP) is -8.67. The van der Waals surface area contributed by atoms with Crippen LogP contribution in [0, 0.1) is 0 Å². The third-order valence-corrected chi connectivity index (χ3v) is 8.25. The normalized spacial score (nSPS) is 14.2. The zero-order valence-electron chi connectivity index (χ0n) is 28.4. The fourth-order valence-electron chi connectivity index (χ4n) is 5.18. The van der Waals surface area contributed by atoms with Gasteiger partial charge in [-0.1, -0.05) is 41.1 Å². The molecule has 0 fully saturated rings. The first-order chi connectivity index (χ1) is 23.8. The molecule has 0 saturated carbocycles. The lowest BCUT2D eigenvalue weighted by molar-refractivity contribution is -0.135. The van der Waals surface area contributed by atoms with Crippen LogP contribution in [0.3, 0.4) is 0 Å². The van der Waals surface area contributed by atoms with Crippen molar-refractivity contribution < 1.29 is 19.2 Å². The number of nitrogens with zero attached hydrogens (tertiary/aromatic N) is 1. The summed E-state index contributed by atoms with van der Waals surface area (Å²) in [6.07, 6.45) is 1.10. The van der Waals surface area contributed by atoms with Crippen molar-refractivity contribution >= 4 is 120 Å². The summed E-state index contributed by atoms with van der Waals surface area (Å²) in [5, 5.41) is 4.55. The lowest BCUT2D eigenvalue weighted by atomic mass is 9.34. The number of hydrogen-bond donors (Lipinski definition) is 8. The van der Waals surface area contributed by atoms with Crippen LogP contribution in [0.5, 0.6) is 0 Å². The van der Waals surface area contributed by atoms with Crippen molar-refractivity contribution in [2.45, 2.75) is 67.3 Å². The summed E-state index contributed by atoms with van der Waals surface area (Å²) in [5.41, 5.74) is 24.0. The molecule has 0 unspecified atom stereocenters. The second-order valence-electron chi connectivity index (χ2n) is 12.1. The Bertz CT molecular complexity index is 1570. The minimum atomic E-state index is -2.92. The number of aliphatic imine (C=N–C) groups is 1. The van der Waals surface area contributed by atoms with E-state index in [1.54, 1.807) is 30.3 Å². The molecule has 4 atom stereocenters. The highest BCUT2D eigenvalue weighted by atomic mass is 16.2.